The number of methoxy groups -OCH3 is 1. The van der Waals surface area contributed by atoms with Crippen molar-refractivity contribution >= 4 is 17.0 Å². The van der Waals surface area contributed by atoms with Crippen molar-refractivity contribution in [3.63, 3.8) is 0 Å². The van der Waals surface area contributed by atoms with Crippen molar-refractivity contribution in [2.24, 2.45) is 0 Å². The van der Waals surface area contributed by atoms with E-state index < -0.39 is 0 Å². The van der Waals surface area contributed by atoms with Gasteiger partial charge in [-0.25, -0.2) is 4.98 Å². The number of ether oxygens (including phenoxy) is 1. The summed E-state index contributed by atoms with van der Waals surface area (Å²) in [7, 11) is 1.43. The molecule has 0 fully saturated rings. The number of para-hydroxylation sites is 2. The highest BCUT2D eigenvalue weighted by Crippen LogP contribution is 2.16. The average Bonchev–Trinajstić information content (AvgIpc) is 2.74. The fourth-order valence-electron chi connectivity index (χ4n) is 2.30. The highest BCUT2D eigenvalue weighted by Gasteiger charge is 2.06. The Balaban J connectivity index is 1.88. The lowest BCUT2D eigenvalue weighted by Crippen LogP contribution is -2.02. The van der Waals surface area contributed by atoms with Crippen molar-refractivity contribution in [1.29, 1.82) is 0 Å². The summed E-state index contributed by atoms with van der Waals surface area (Å²) < 4.78 is 6.87. The Bertz CT molecular complexity index is 560. The monoisotopic (exact) mass is 260 g/mol. The summed E-state index contributed by atoms with van der Waals surface area (Å²) >= 11 is 0. The fourth-order valence-corrected chi connectivity index (χ4v) is 2.30. The van der Waals surface area contributed by atoms with E-state index >= 15 is 0 Å². The minimum absolute atomic E-state index is 0.121. The van der Waals surface area contributed by atoms with E-state index in [4.69, 9.17) is 0 Å². The van der Waals surface area contributed by atoms with E-state index in [9.17, 15) is 4.79 Å². The number of carbonyl (C=O) groups is 1. The third-order valence-corrected chi connectivity index (χ3v) is 3.34. The van der Waals surface area contributed by atoms with Gasteiger partial charge in [-0.3, -0.25) is 4.79 Å². The lowest BCUT2D eigenvalue weighted by atomic mass is 10.2. The maximum Gasteiger partial charge on any atom is 0.305 e. The van der Waals surface area contributed by atoms with Crippen LogP contribution in [-0.2, 0) is 16.1 Å². The molecule has 0 spiro atoms. The molecule has 0 aliphatic heterocycles. The molecule has 0 saturated heterocycles. The third kappa shape index (κ3) is 3.34. The number of nitrogens with zero attached hydrogens (tertiary/aromatic N) is 2. The number of imidazole rings is 1. The zero-order chi connectivity index (χ0) is 13.7. The summed E-state index contributed by atoms with van der Waals surface area (Å²) in [6, 6.07) is 8.19. The largest absolute Gasteiger partial charge is 0.469 e. The Kier molecular flexibility index (Phi) is 4.55. The van der Waals surface area contributed by atoms with Crippen LogP contribution in [-0.4, -0.2) is 22.6 Å². The first-order valence-corrected chi connectivity index (χ1v) is 6.71. The Morgan fingerprint density at radius 3 is 2.84 bits per heavy atom. The van der Waals surface area contributed by atoms with E-state index in [2.05, 4.69) is 20.4 Å². The number of aromatic nitrogens is 2. The van der Waals surface area contributed by atoms with Gasteiger partial charge < -0.3 is 9.30 Å². The van der Waals surface area contributed by atoms with Crippen LogP contribution in [0.15, 0.2) is 24.3 Å². The number of aryl methyl sites for hydroxylation is 2. The van der Waals surface area contributed by atoms with Gasteiger partial charge in [0.2, 0.25) is 0 Å². The minimum Gasteiger partial charge on any atom is -0.469 e. The Hall–Kier alpha value is -1.84. The van der Waals surface area contributed by atoms with Crippen molar-refractivity contribution in [1.82, 2.24) is 9.55 Å². The Labute approximate surface area is 113 Å². The van der Waals surface area contributed by atoms with Crippen molar-refractivity contribution in [3.8, 4) is 0 Å². The molecule has 1 aromatic heterocycles. The average molecular weight is 260 g/mol. The molecule has 2 aromatic rings. The third-order valence-electron chi connectivity index (χ3n) is 3.34. The smallest absolute Gasteiger partial charge is 0.305 e. The lowest BCUT2D eigenvalue weighted by Gasteiger charge is -2.06. The second-order valence-electron chi connectivity index (χ2n) is 4.69. The highest BCUT2D eigenvalue weighted by atomic mass is 16.5. The van der Waals surface area contributed by atoms with E-state index in [1.165, 1.54) is 12.6 Å². The quantitative estimate of drug-likeness (QED) is 0.592. The van der Waals surface area contributed by atoms with Gasteiger partial charge in [-0.05, 0) is 31.9 Å². The molecule has 0 aliphatic rings. The van der Waals surface area contributed by atoms with Gasteiger partial charge in [-0.15, -0.1) is 0 Å². The molecule has 0 bridgehead atoms. The lowest BCUT2D eigenvalue weighted by molar-refractivity contribution is -0.140. The Morgan fingerprint density at radius 2 is 2.05 bits per heavy atom. The molecule has 4 heteroatoms. The maximum absolute atomic E-state index is 11.0. The van der Waals surface area contributed by atoms with Crippen LogP contribution in [0.5, 0.6) is 0 Å². The standard InChI is InChI=1S/C15H20N2O2/c1-12-16-13-8-5-6-9-14(13)17(12)11-7-3-4-10-15(18)19-2/h5-6,8-9H,3-4,7,10-11H2,1-2H3. The zero-order valence-electron chi connectivity index (χ0n) is 11.6. The molecule has 102 valence electrons. The summed E-state index contributed by atoms with van der Waals surface area (Å²) in [5.41, 5.74) is 2.24. The van der Waals surface area contributed by atoms with E-state index in [-0.39, 0.29) is 5.97 Å². The van der Waals surface area contributed by atoms with E-state index in [0.29, 0.717) is 6.42 Å². The predicted octanol–water partition coefficient (Wildman–Crippen LogP) is 3.08. The van der Waals surface area contributed by atoms with Crippen LogP contribution in [0.25, 0.3) is 11.0 Å². The van der Waals surface area contributed by atoms with Crippen molar-refractivity contribution in [2.45, 2.75) is 39.2 Å². The van der Waals surface area contributed by atoms with Crippen LogP contribution in [0.1, 0.15) is 31.5 Å². The number of carbonyl (C=O) groups excluding carboxylic acids is 1. The van der Waals surface area contributed by atoms with E-state index in [0.717, 1.165) is 37.1 Å². The molecule has 0 N–H and O–H groups in total. The molecule has 1 aromatic carbocycles. The zero-order valence-corrected chi connectivity index (χ0v) is 11.6. The summed E-state index contributed by atoms with van der Waals surface area (Å²) in [4.78, 5) is 15.5. The highest BCUT2D eigenvalue weighted by molar-refractivity contribution is 5.75. The van der Waals surface area contributed by atoms with Crippen LogP contribution in [0.2, 0.25) is 0 Å². The maximum atomic E-state index is 11.0. The van der Waals surface area contributed by atoms with Crippen LogP contribution in [0.3, 0.4) is 0 Å². The van der Waals surface area contributed by atoms with Crippen LogP contribution in [0.4, 0.5) is 0 Å². The molecule has 4 nitrogen and oxygen atoms in total. The second-order valence-corrected chi connectivity index (χ2v) is 4.69. The molecule has 0 atom stereocenters. The molecule has 0 aliphatic carbocycles. The summed E-state index contributed by atoms with van der Waals surface area (Å²) in [5.74, 6) is 0.929. The number of hydrogen-bond donors (Lipinski definition) is 0. The van der Waals surface area contributed by atoms with Crippen LogP contribution >= 0.6 is 0 Å². The van der Waals surface area contributed by atoms with Crippen LogP contribution in [0, 0.1) is 6.92 Å². The number of hydrogen-bond acceptors (Lipinski definition) is 3. The van der Waals surface area contributed by atoms with E-state index in [1.54, 1.807) is 0 Å². The minimum atomic E-state index is -0.121. The van der Waals surface area contributed by atoms with Gasteiger partial charge in [0.05, 0.1) is 18.1 Å². The van der Waals surface area contributed by atoms with Crippen LogP contribution < -0.4 is 0 Å². The molecule has 1 heterocycles. The number of rotatable bonds is 6. The molecular weight excluding hydrogens is 240 g/mol. The molecule has 0 amide bonds. The fraction of sp³-hybridized carbons (Fsp3) is 0.467. The van der Waals surface area contributed by atoms with E-state index in [1.807, 2.05) is 25.1 Å². The SMILES string of the molecule is COC(=O)CCCCCn1c(C)nc2ccccc21. The second kappa shape index (κ2) is 6.36. The first-order valence-electron chi connectivity index (χ1n) is 6.71. The normalized spacial score (nSPS) is 10.8. The molecule has 0 radical (unpaired) electrons. The van der Waals surface area contributed by atoms with Gasteiger partial charge in [-0.1, -0.05) is 18.6 Å². The van der Waals surface area contributed by atoms with Gasteiger partial charge in [-0.2, -0.15) is 0 Å². The summed E-state index contributed by atoms with van der Waals surface area (Å²) in [6.45, 7) is 2.99. The topological polar surface area (TPSA) is 44.1 Å². The van der Waals surface area contributed by atoms with Gasteiger partial charge in [0.15, 0.2) is 0 Å². The number of fused-ring (bicyclic) bond motifs is 1. The molecular formula is C15H20N2O2. The number of unbranched alkanes of at least 4 members (excludes halogenated alkanes) is 2. The predicted molar refractivity (Wildman–Crippen MR) is 75.0 cm³/mol. The number of benzene rings is 1. The van der Waals surface area contributed by atoms with Gasteiger partial charge in [0.1, 0.15) is 5.82 Å². The number of esters is 1. The summed E-state index contributed by atoms with van der Waals surface area (Å²) in [6.07, 6.45) is 3.48. The van der Waals surface area contributed by atoms with Gasteiger partial charge in [0.25, 0.3) is 0 Å². The first-order chi connectivity index (χ1) is 9.22. The van der Waals surface area contributed by atoms with Crippen molar-refractivity contribution in [2.75, 3.05) is 7.11 Å². The van der Waals surface area contributed by atoms with Crippen molar-refractivity contribution in [3.05, 3.63) is 30.1 Å². The molecule has 19 heavy (non-hydrogen) atoms. The Morgan fingerprint density at radius 1 is 1.26 bits per heavy atom. The van der Waals surface area contributed by atoms with Gasteiger partial charge in [0, 0.05) is 13.0 Å². The molecule has 0 saturated carbocycles. The first kappa shape index (κ1) is 13.6. The van der Waals surface area contributed by atoms with Crippen molar-refractivity contribution < 1.29 is 9.53 Å². The molecule has 0 unspecified atom stereocenters. The molecule has 2 rings (SSSR count). The summed E-state index contributed by atoms with van der Waals surface area (Å²) in [5, 5.41) is 0. The van der Waals surface area contributed by atoms with Gasteiger partial charge >= 0.3 is 5.97 Å².